The molecule has 1 aromatic heterocycles. The Morgan fingerprint density at radius 3 is 1.84 bits per heavy atom. The Morgan fingerprint density at radius 1 is 0.622 bits per heavy atom. The molecule has 0 aliphatic heterocycles. The van der Waals surface area contributed by atoms with Crippen LogP contribution in [0.1, 0.15) is 30.6 Å². The van der Waals surface area contributed by atoms with E-state index in [0.29, 0.717) is 28.8 Å². The van der Waals surface area contributed by atoms with Crippen LogP contribution in [0.4, 0.5) is 0 Å². The van der Waals surface area contributed by atoms with Crippen molar-refractivity contribution in [2.75, 3.05) is 0 Å². The molecule has 0 saturated carbocycles. The number of benzene rings is 6. The first-order chi connectivity index (χ1) is 23.7. The normalized spacial score (nSPS) is 16.4. The van der Waals surface area contributed by atoms with Crippen LogP contribution in [0.3, 0.4) is 0 Å². The molecule has 0 fully saturated rings. The zero-order valence-electron chi connectivity index (χ0n) is 32.7. The van der Waals surface area contributed by atoms with Gasteiger partial charge in [-0.1, -0.05) is 122 Å². The SMILES string of the molecule is [2H]c1c([2H])c([2H])c(-c2ccc(-c3c4c([2H])c([2H])c([2H])c([2H])c4c(-n4c(CC)nc5ccccc54)c4c([2H])c([2H])c([2H])c([2H])c34)cc2)c([2H])c1[2H]. The first kappa shape index (κ1) is 12.0. The standard InChI is InChI=1S/C35H26N2/c1-2-33-36-31-18-10-11-19-32(31)37(33)35-29-16-8-6-14-27(29)34(28-15-7-9-17-30(28)35)26-22-20-25(21-23-26)24-12-4-3-5-13-24/h3-23H,2H2,1H3/i3D,4D,5D,6D,7D,8D,9D,12D,13D,14D,15D,16D,17D. The van der Waals surface area contributed by atoms with Gasteiger partial charge < -0.3 is 0 Å². The molecule has 0 saturated heterocycles. The van der Waals surface area contributed by atoms with E-state index in [1.54, 1.807) is 34.9 Å². The number of hydrogen-bond acceptors (Lipinski definition) is 1. The predicted octanol–water partition coefficient (Wildman–Crippen LogP) is 9.23. The van der Waals surface area contributed by atoms with Crippen LogP contribution in [-0.2, 0) is 6.42 Å². The van der Waals surface area contributed by atoms with Crippen LogP contribution in [0, 0.1) is 0 Å². The second-order valence-electron chi connectivity index (χ2n) is 8.51. The summed E-state index contributed by atoms with van der Waals surface area (Å²) >= 11 is 0. The summed E-state index contributed by atoms with van der Waals surface area (Å²) in [5, 5.41) is 0.130. The van der Waals surface area contributed by atoms with Crippen LogP contribution in [0.5, 0.6) is 0 Å². The van der Waals surface area contributed by atoms with E-state index < -0.39 is 78.6 Å². The molecule has 0 unspecified atom stereocenters. The molecule has 0 bridgehead atoms. The molecule has 1 heterocycles. The minimum Gasteiger partial charge on any atom is -0.295 e. The van der Waals surface area contributed by atoms with Crippen molar-refractivity contribution in [2.45, 2.75) is 13.3 Å². The van der Waals surface area contributed by atoms with E-state index in [4.69, 9.17) is 17.3 Å². The summed E-state index contributed by atoms with van der Waals surface area (Å²) in [6.45, 7) is 1.87. The molecule has 7 aromatic rings. The summed E-state index contributed by atoms with van der Waals surface area (Å²) in [4.78, 5) is 4.77. The number of aromatic nitrogens is 2. The van der Waals surface area contributed by atoms with Gasteiger partial charge in [0.15, 0.2) is 0 Å². The highest BCUT2D eigenvalue weighted by molar-refractivity contribution is 6.18. The van der Waals surface area contributed by atoms with Gasteiger partial charge in [-0.2, -0.15) is 0 Å². The number of imidazole rings is 1. The average Bonchev–Trinajstić information content (AvgIpc) is 3.50. The zero-order valence-corrected chi connectivity index (χ0v) is 19.7. The van der Waals surface area contributed by atoms with Crippen LogP contribution < -0.4 is 0 Å². The largest absolute Gasteiger partial charge is 0.295 e. The van der Waals surface area contributed by atoms with Gasteiger partial charge in [0.05, 0.1) is 34.5 Å². The maximum atomic E-state index is 9.20. The highest BCUT2D eigenvalue weighted by Gasteiger charge is 2.20. The second kappa shape index (κ2) is 8.76. The molecular weight excluding hydrogens is 448 g/mol. The Labute approximate surface area is 234 Å². The van der Waals surface area contributed by atoms with Crippen LogP contribution in [0.15, 0.2) is 127 Å². The summed E-state index contributed by atoms with van der Waals surface area (Å²) < 4.78 is 114. The lowest BCUT2D eigenvalue weighted by Gasteiger charge is -2.19. The lowest BCUT2D eigenvalue weighted by Crippen LogP contribution is -2.03. The van der Waals surface area contributed by atoms with Gasteiger partial charge in [-0.15, -0.1) is 0 Å². The van der Waals surface area contributed by atoms with Gasteiger partial charge in [0.25, 0.3) is 0 Å². The van der Waals surface area contributed by atoms with E-state index in [1.165, 1.54) is 12.1 Å². The van der Waals surface area contributed by atoms with Gasteiger partial charge in [0.2, 0.25) is 0 Å². The quantitative estimate of drug-likeness (QED) is 0.226. The average molecular weight is 488 g/mol. The van der Waals surface area contributed by atoms with E-state index in [0.717, 1.165) is 0 Å². The summed E-state index contributed by atoms with van der Waals surface area (Å²) in [5.74, 6) is 0.518. The van der Waals surface area contributed by atoms with E-state index in [9.17, 15) is 5.48 Å². The molecule has 2 heteroatoms. The third-order valence-corrected chi connectivity index (χ3v) is 6.48. The van der Waals surface area contributed by atoms with Gasteiger partial charge in [0.1, 0.15) is 5.82 Å². The molecule has 6 aromatic carbocycles. The summed E-state index contributed by atoms with van der Waals surface area (Å²) in [6, 6.07) is 7.29. The summed E-state index contributed by atoms with van der Waals surface area (Å²) in [5.41, 5.74) is 2.05. The molecule has 0 radical (unpaired) electrons. The van der Waals surface area contributed by atoms with Crippen molar-refractivity contribution in [2.24, 2.45) is 0 Å². The van der Waals surface area contributed by atoms with Crippen LogP contribution >= 0.6 is 0 Å². The third-order valence-electron chi connectivity index (χ3n) is 6.48. The Balaban J connectivity index is 1.71. The van der Waals surface area contributed by atoms with Gasteiger partial charge in [-0.25, -0.2) is 4.98 Å². The van der Waals surface area contributed by atoms with Crippen molar-refractivity contribution < 1.29 is 17.8 Å². The first-order valence-electron chi connectivity index (χ1n) is 18.3. The number of para-hydroxylation sites is 2. The smallest absolute Gasteiger partial charge is 0.114 e. The Bertz CT molecular complexity index is 2500. The van der Waals surface area contributed by atoms with Crippen molar-refractivity contribution >= 4 is 32.6 Å². The molecular formula is C35H26N2. The van der Waals surface area contributed by atoms with Crippen molar-refractivity contribution in [3.05, 3.63) is 133 Å². The highest BCUT2D eigenvalue weighted by atomic mass is 15.1. The van der Waals surface area contributed by atoms with E-state index >= 15 is 0 Å². The number of nitrogens with zero attached hydrogens (tertiary/aromatic N) is 2. The Hall–Kier alpha value is -4.69. The van der Waals surface area contributed by atoms with E-state index in [2.05, 4.69) is 0 Å². The molecule has 0 N–H and O–H groups in total. The molecule has 0 amide bonds. The lowest BCUT2D eigenvalue weighted by molar-refractivity contribution is 0.917. The van der Waals surface area contributed by atoms with Gasteiger partial charge in [-0.3, -0.25) is 4.57 Å². The van der Waals surface area contributed by atoms with Crippen LogP contribution in [0.25, 0.3) is 60.5 Å². The Morgan fingerprint density at radius 2 is 1.19 bits per heavy atom. The molecule has 7 rings (SSSR count). The van der Waals surface area contributed by atoms with Gasteiger partial charge >= 0.3 is 0 Å². The van der Waals surface area contributed by atoms with Crippen molar-refractivity contribution in [1.29, 1.82) is 0 Å². The highest BCUT2D eigenvalue weighted by Crippen LogP contribution is 2.42. The fourth-order valence-corrected chi connectivity index (χ4v) is 4.88. The van der Waals surface area contributed by atoms with Crippen LogP contribution in [-0.4, -0.2) is 9.55 Å². The summed E-state index contributed by atoms with van der Waals surface area (Å²) in [7, 11) is 0. The first-order valence-corrected chi connectivity index (χ1v) is 11.8. The van der Waals surface area contributed by atoms with Crippen molar-refractivity contribution in [1.82, 2.24) is 9.55 Å². The zero-order chi connectivity index (χ0) is 36.1. The topological polar surface area (TPSA) is 17.8 Å². The molecule has 176 valence electrons. The molecule has 0 spiro atoms. The maximum absolute atomic E-state index is 9.20. The predicted molar refractivity (Wildman–Crippen MR) is 156 cm³/mol. The Kier molecular flexibility index (Phi) is 2.85. The van der Waals surface area contributed by atoms with Gasteiger partial charge in [-0.05, 0) is 45.2 Å². The molecule has 2 nitrogen and oxygen atoms in total. The minimum absolute atomic E-state index is 0.0268. The number of rotatable bonds is 4. The number of aryl methyl sites for hydroxylation is 1. The number of fused-ring (bicyclic) bond motifs is 3. The van der Waals surface area contributed by atoms with Gasteiger partial charge in [0, 0.05) is 17.2 Å². The van der Waals surface area contributed by atoms with Crippen molar-refractivity contribution in [3.8, 4) is 27.9 Å². The minimum atomic E-state index is -0.531. The second-order valence-corrected chi connectivity index (χ2v) is 8.51. The molecule has 0 atom stereocenters. The van der Waals surface area contributed by atoms with E-state index in [1.807, 2.05) is 13.0 Å². The molecule has 0 aliphatic carbocycles. The van der Waals surface area contributed by atoms with Crippen LogP contribution in [0.2, 0.25) is 0 Å². The summed E-state index contributed by atoms with van der Waals surface area (Å²) in [6.07, 6.45) is 0.398. The fourth-order valence-electron chi connectivity index (χ4n) is 4.88. The molecule has 0 aliphatic rings. The van der Waals surface area contributed by atoms with E-state index in [-0.39, 0.29) is 43.9 Å². The van der Waals surface area contributed by atoms with Crippen molar-refractivity contribution in [3.63, 3.8) is 0 Å². The monoisotopic (exact) mass is 487 g/mol. The third kappa shape index (κ3) is 3.45. The fraction of sp³-hybridized carbons (Fsp3) is 0.0571. The number of hydrogen-bond donors (Lipinski definition) is 0. The maximum Gasteiger partial charge on any atom is 0.114 e. The molecule has 37 heavy (non-hydrogen) atoms. The lowest BCUT2D eigenvalue weighted by atomic mass is 9.89.